The molecule has 2 amide bonds. The molecule has 0 atom stereocenters. The van der Waals surface area contributed by atoms with Crippen molar-refractivity contribution in [1.82, 2.24) is 5.32 Å². The molecular formula is C14H18FN3O. The summed E-state index contributed by atoms with van der Waals surface area (Å²) in [5.41, 5.74) is 0.427. The zero-order valence-corrected chi connectivity index (χ0v) is 11.0. The summed E-state index contributed by atoms with van der Waals surface area (Å²) in [6, 6.07) is 5.15. The molecule has 19 heavy (non-hydrogen) atoms. The van der Waals surface area contributed by atoms with Crippen molar-refractivity contribution in [3.63, 3.8) is 0 Å². The standard InChI is InChI=1S/C14H18FN3O/c1-2-3-4-5-8-17-14(19)18-13-7-6-12(15)9-11(13)10-16/h6-7,9H,2-5,8H2,1H3,(H2,17,18,19). The van der Waals surface area contributed by atoms with E-state index in [0.717, 1.165) is 31.7 Å². The third-order valence-corrected chi connectivity index (χ3v) is 2.67. The molecule has 0 spiro atoms. The number of anilines is 1. The summed E-state index contributed by atoms with van der Waals surface area (Å²) in [6.45, 7) is 2.72. The lowest BCUT2D eigenvalue weighted by molar-refractivity contribution is 0.252. The van der Waals surface area contributed by atoms with Crippen LogP contribution in [0, 0.1) is 17.1 Å². The molecule has 0 unspecified atom stereocenters. The molecule has 1 aromatic rings. The van der Waals surface area contributed by atoms with E-state index in [9.17, 15) is 9.18 Å². The lowest BCUT2D eigenvalue weighted by Crippen LogP contribution is -2.29. The van der Waals surface area contributed by atoms with Gasteiger partial charge in [-0.1, -0.05) is 26.2 Å². The van der Waals surface area contributed by atoms with Crippen LogP contribution in [-0.4, -0.2) is 12.6 Å². The minimum absolute atomic E-state index is 0.112. The van der Waals surface area contributed by atoms with Crippen molar-refractivity contribution in [1.29, 1.82) is 5.26 Å². The number of nitriles is 1. The Labute approximate surface area is 112 Å². The van der Waals surface area contributed by atoms with E-state index < -0.39 is 5.82 Å². The maximum Gasteiger partial charge on any atom is 0.319 e. The molecule has 0 radical (unpaired) electrons. The van der Waals surface area contributed by atoms with Gasteiger partial charge in [-0.15, -0.1) is 0 Å². The number of rotatable bonds is 6. The highest BCUT2D eigenvalue weighted by Gasteiger charge is 2.07. The predicted octanol–water partition coefficient (Wildman–Crippen LogP) is 3.40. The molecule has 0 aliphatic heterocycles. The van der Waals surface area contributed by atoms with Crippen molar-refractivity contribution in [3.8, 4) is 6.07 Å². The van der Waals surface area contributed by atoms with Crippen LogP contribution in [0.1, 0.15) is 38.2 Å². The molecule has 0 saturated carbocycles. The van der Waals surface area contributed by atoms with Gasteiger partial charge in [0.2, 0.25) is 0 Å². The Morgan fingerprint density at radius 2 is 2.16 bits per heavy atom. The first-order chi connectivity index (χ1) is 9.17. The second-order valence-electron chi connectivity index (χ2n) is 4.24. The van der Waals surface area contributed by atoms with Gasteiger partial charge in [0.1, 0.15) is 11.9 Å². The van der Waals surface area contributed by atoms with E-state index in [1.165, 1.54) is 12.1 Å². The molecule has 2 N–H and O–H groups in total. The maximum absolute atomic E-state index is 12.9. The van der Waals surface area contributed by atoms with Crippen molar-refractivity contribution >= 4 is 11.7 Å². The average molecular weight is 263 g/mol. The molecule has 102 valence electrons. The third-order valence-electron chi connectivity index (χ3n) is 2.67. The summed E-state index contributed by atoms with van der Waals surface area (Å²) in [7, 11) is 0. The van der Waals surface area contributed by atoms with Crippen molar-refractivity contribution < 1.29 is 9.18 Å². The molecule has 0 aromatic heterocycles. The van der Waals surface area contributed by atoms with Gasteiger partial charge >= 0.3 is 6.03 Å². The minimum atomic E-state index is -0.498. The Bertz CT molecular complexity index is 468. The number of hydrogen-bond donors (Lipinski definition) is 2. The van der Waals surface area contributed by atoms with Crippen LogP contribution in [0.2, 0.25) is 0 Å². The SMILES string of the molecule is CCCCCCNC(=O)Nc1ccc(F)cc1C#N. The van der Waals surface area contributed by atoms with Crippen molar-refractivity contribution in [2.24, 2.45) is 0 Å². The van der Waals surface area contributed by atoms with Crippen molar-refractivity contribution in [3.05, 3.63) is 29.6 Å². The number of carbonyl (C=O) groups excluding carboxylic acids is 1. The lowest BCUT2D eigenvalue weighted by Gasteiger charge is -2.08. The fourth-order valence-corrected chi connectivity index (χ4v) is 1.64. The molecule has 0 heterocycles. The number of urea groups is 1. The first-order valence-corrected chi connectivity index (χ1v) is 6.42. The van der Waals surface area contributed by atoms with Crippen LogP contribution in [0.15, 0.2) is 18.2 Å². The fourth-order valence-electron chi connectivity index (χ4n) is 1.64. The van der Waals surface area contributed by atoms with Gasteiger partial charge in [0.05, 0.1) is 11.3 Å². The molecule has 0 saturated heterocycles. The van der Waals surface area contributed by atoms with E-state index in [1.54, 1.807) is 0 Å². The van der Waals surface area contributed by atoms with Gasteiger partial charge in [-0.3, -0.25) is 0 Å². The molecule has 5 heteroatoms. The second-order valence-corrected chi connectivity index (χ2v) is 4.24. The number of unbranched alkanes of at least 4 members (excludes halogenated alkanes) is 3. The van der Waals surface area contributed by atoms with Crippen LogP contribution in [-0.2, 0) is 0 Å². The number of halogens is 1. The highest BCUT2D eigenvalue weighted by molar-refractivity contribution is 5.90. The molecule has 1 aromatic carbocycles. The normalized spacial score (nSPS) is 9.74. The summed E-state index contributed by atoms with van der Waals surface area (Å²) >= 11 is 0. The van der Waals surface area contributed by atoms with Gasteiger partial charge in [0.25, 0.3) is 0 Å². The number of amides is 2. The number of carbonyl (C=O) groups is 1. The Morgan fingerprint density at radius 1 is 1.37 bits per heavy atom. The number of benzene rings is 1. The lowest BCUT2D eigenvalue weighted by atomic mass is 10.2. The van der Waals surface area contributed by atoms with Crippen LogP contribution in [0.25, 0.3) is 0 Å². The summed E-state index contributed by atoms with van der Waals surface area (Å²) in [6.07, 6.45) is 4.31. The molecule has 4 nitrogen and oxygen atoms in total. The van der Waals surface area contributed by atoms with Crippen LogP contribution >= 0.6 is 0 Å². The van der Waals surface area contributed by atoms with Crippen molar-refractivity contribution in [2.45, 2.75) is 32.6 Å². The van der Waals surface area contributed by atoms with Crippen molar-refractivity contribution in [2.75, 3.05) is 11.9 Å². The Hall–Kier alpha value is -2.09. The van der Waals surface area contributed by atoms with Gasteiger partial charge < -0.3 is 10.6 Å². The van der Waals surface area contributed by atoms with E-state index >= 15 is 0 Å². The molecule has 0 aliphatic rings. The van der Waals surface area contributed by atoms with Gasteiger partial charge in [0.15, 0.2) is 0 Å². The number of nitrogens with zero attached hydrogens (tertiary/aromatic N) is 1. The molecule has 0 aliphatic carbocycles. The zero-order chi connectivity index (χ0) is 14.1. The van der Waals surface area contributed by atoms with Crippen LogP contribution in [0.5, 0.6) is 0 Å². The molecule has 0 fully saturated rings. The summed E-state index contributed by atoms with van der Waals surface area (Å²) in [4.78, 5) is 11.6. The van der Waals surface area contributed by atoms with Crippen LogP contribution in [0.3, 0.4) is 0 Å². The Kier molecular flexibility index (Phi) is 6.37. The number of hydrogen-bond acceptors (Lipinski definition) is 2. The number of nitrogens with one attached hydrogen (secondary N) is 2. The maximum atomic E-state index is 12.9. The van der Waals surface area contributed by atoms with Gasteiger partial charge in [0, 0.05) is 6.54 Å². The van der Waals surface area contributed by atoms with Gasteiger partial charge in [-0.2, -0.15) is 5.26 Å². The van der Waals surface area contributed by atoms with Crippen LogP contribution in [0.4, 0.5) is 14.9 Å². The first kappa shape index (κ1) is 15.0. The van der Waals surface area contributed by atoms with E-state index in [1.807, 2.05) is 6.07 Å². The molecule has 0 bridgehead atoms. The fraction of sp³-hybridized carbons (Fsp3) is 0.429. The first-order valence-electron chi connectivity index (χ1n) is 6.42. The van der Waals surface area contributed by atoms with Crippen LogP contribution < -0.4 is 10.6 Å². The van der Waals surface area contributed by atoms with E-state index in [4.69, 9.17) is 5.26 Å². The summed E-state index contributed by atoms with van der Waals surface area (Å²) in [5, 5.41) is 14.1. The van der Waals surface area contributed by atoms with Gasteiger partial charge in [-0.25, -0.2) is 9.18 Å². The van der Waals surface area contributed by atoms with E-state index in [0.29, 0.717) is 12.2 Å². The minimum Gasteiger partial charge on any atom is -0.338 e. The van der Waals surface area contributed by atoms with E-state index in [2.05, 4.69) is 17.6 Å². The van der Waals surface area contributed by atoms with E-state index in [-0.39, 0.29) is 11.6 Å². The highest BCUT2D eigenvalue weighted by Crippen LogP contribution is 2.15. The Morgan fingerprint density at radius 3 is 2.84 bits per heavy atom. The third kappa shape index (κ3) is 5.38. The topological polar surface area (TPSA) is 64.9 Å². The quantitative estimate of drug-likeness (QED) is 0.772. The predicted molar refractivity (Wildman–Crippen MR) is 72.3 cm³/mol. The Balaban J connectivity index is 2.42. The largest absolute Gasteiger partial charge is 0.338 e. The summed E-state index contributed by atoms with van der Waals surface area (Å²) < 4.78 is 12.9. The second kappa shape index (κ2) is 8.09. The molecule has 1 rings (SSSR count). The highest BCUT2D eigenvalue weighted by atomic mass is 19.1. The van der Waals surface area contributed by atoms with Gasteiger partial charge in [-0.05, 0) is 24.6 Å². The monoisotopic (exact) mass is 263 g/mol. The zero-order valence-electron chi connectivity index (χ0n) is 11.0. The molecular weight excluding hydrogens is 245 g/mol. The summed E-state index contributed by atoms with van der Waals surface area (Å²) in [5.74, 6) is -0.498. The average Bonchev–Trinajstić information content (AvgIpc) is 2.40. The smallest absolute Gasteiger partial charge is 0.319 e.